The van der Waals surface area contributed by atoms with Gasteiger partial charge in [-0.15, -0.1) is 0 Å². The summed E-state index contributed by atoms with van der Waals surface area (Å²) < 4.78 is 32.5. The minimum absolute atomic E-state index is 0.118. The van der Waals surface area contributed by atoms with Gasteiger partial charge < -0.3 is 28.7 Å². The molecule has 0 amide bonds. The maximum atomic E-state index is 11.9. The molecule has 28 heavy (non-hydrogen) atoms. The lowest BCUT2D eigenvalue weighted by atomic mass is 9.95. The van der Waals surface area contributed by atoms with Gasteiger partial charge in [-0.05, 0) is 39.7 Å². The molecule has 0 spiro atoms. The highest BCUT2D eigenvalue weighted by Crippen LogP contribution is 2.43. The van der Waals surface area contributed by atoms with Gasteiger partial charge in [0.2, 0.25) is 0 Å². The number of ether oxygens (including phenoxy) is 3. The van der Waals surface area contributed by atoms with Crippen LogP contribution in [0.5, 0.6) is 11.5 Å². The molecular weight excluding hydrogens is 387 g/mol. The van der Waals surface area contributed by atoms with E-state index in [1.807, 2.05) is 6.92 Å². The molecule has 1 aromatic carbocycles. The molecule has 0 aliphatic carbocycles. The topological polar surface area (TPSA) is 112 Å². The van der Waals surface area contributed by atoms with Gasteiger partial charge >= 0.3 is 13.6 Å². The fourth-order valence-electron chi connectivity index (χ4n) is 3.05. The Morgan fingerprint density at radius 1 is 1.39 bits per heavy atom. The third-order valence-corrected chi connectivity index (χ3v) is 5.52. The largest absolute Gasteiger partial charge is 0.507 e. The average molecular weight is 414 g/mol. The second kappa shape index (κ2) is 9.09. The zero-order chi connectivity index (χ0) is 21.1. The molecule has 1 heterocycles. The maximum absolute atomic E-state index is 11.9. The molecule has 1 aliphatic rings. The molecule has 0 saturated heterocycles. The van der Waals surface area contributed by atoms with Crippen molar-refractivity contribution in [2.45, 2.75) is 46.8 Å². The Bertz CT molecular complexity index is 828. The SMILES string of the molecule is COc1c(C)c2c(c(O)c1C/C=C(\C)COCP(=O)(O)OC(C)C)C(=O)OC2. The first-order valence-corrected chi connectivity index (χ1v) is 10.7. The third kappa shape index (κ3) is 5.14. The molecule has 0 saturated carbocycles. The first-order valence-electron chi connectivity index (χ1n) is 8.89. The highest BCUT2D eigenvalue weighted by atomic mass is 31.2. The Morgan fingerprint density at radius 3 is 2.68 bits per heavy atom. The summed E-state index contributed by atoms with van der Waals surface area (Å²) in [6, 6.07) is 0. The molecule has 1 aliphatic heterocycles. The minimum atomic E-state index is -3.79. The molecule has 9 heteroatoms. The van der Waals surface area contributed by atoms with E-state index in [1.54, 1.807) is 26.8 Å². The number of hydrogen-bond acceptors (Lipinski definition) is 7. The Morgan fingerprint density at radius 2 is 2.07 bits per heavy atom. The first kappa shape index (κ1) is 22.4. The molecule has 1 atom stereocenters. The average Bonchev–Trinajstić information content (AvgIpc) is 2.97. The Balaban J connectivity index is 2.11. The van der Waals surface area contributed by atoms with E-state index in [0.717, 1.165) is 11.1 Å². The number of hydrogen-bond donors (Lipinski definition) is 2. The molecule has 0 radical (unpaired) electrons. The normalized spacial score (nSPS) is 16.1. The third-order valence-electron chi connectivity index (χ3n) is 4.26. The van der Waals surface area contributed by atoms with Gasteiger partial charge in [-0.25, -0.2) is 4.79 Å². The van der Waals surface area contributed by atoms with Crippen molar-refractivity contribution in [3.8, 4) is 11.5 Å². The highest BCUT2D eigenvalue weighted by molar-refractivity contribution is 7.52. The fourth-order valence-corrected chi connectivity index (χ4v) is 4.09. The zero-order valence-corrected chi connectivity index (χ0v) is 17.7. The van der Waals surface area contributed by atoms with Gasteiger partial charge in [0.1, 0.15) is 30.0 Å². The van der Waals surface area contributed by atoms with E-state index >= 15 is 0 Å². The second-order valence-corrected chi connectivity index (χ2v) is 8.68. The van der Waals surface area contributed by atoms with Crippen molar-refractivity contribution in [3.05, 3.63) is 33.9 Å². The number of methoxy groups -OCH3 is 1. The lowest BCUT2D eigenvalue weighted by Gasteiger charge is -2.16. The van der Waals surface area contributed by atoms with Crippen LogP contribution in [0.1, 0.15) is 47.8 Å². The van der Waals surface area contributed by atoms with Crippen molar-refractivity contribution in [2.75, 3.05) is 20.1 Å². The van der Waals surface area contributed by atoms with Gasteiger partial charge in [-0.3, -0.25) is 4.57 Å². The molecular formula is C19H27O8P. The number of carbonyl (C=O) groups excluding carboxylic acids is 1. The summed E-state index contributed by atoms with van der Waals surface area (Å²) in [5.41, 5.74) is 2.84. The summed E-state index contributed by atoms with van der Waals surface area (Å²) in [6.45, 7) is 7.19. The Labute approximate surface area is 164 Å². The summed E-state index contributed by atoms with van der Waals surface area (Å²) in [5.74, 6) is -0.188. The van der Waals surface area contributed by atoms with E-state index in [-0.39, 0.29) is 30.6 Å². The number of aromatic hydroxyl groups is 1. The van der Waals surface area contributed by atoms with E-state index < -0.39 is 19.9 Å². The fraction of sp³-hybridized carbons (Fsp3) is 0.526. The summed E-state index contributed by atoms with van der Waals surface area (Å²) in [5, 5.41) is 10.6. The number of benzene rings is 1. The van der Waals surface area contributed by atoms with Crippen LogP contribution in [-0.4, -0.2) is 42.1 Å². The molecule has 0 bridgehead atoms. The smallest absolute Gasteiger partial charge is 0.353 e. The number of rotatable bonds is 9. The van der Waals surface area contributed by atoms with Gasteiger partial charge in [0.05, 0.1) is 19.8 Å². The van der Waals surface area contributed by atoms with Crippen LogP contribution in [-0.2, 0) is 31.6 Å². The van der Waals surface area contributed by atoms with Crippen LogP contribution in [0.15, 0.2) is 11.6 Å². The van der Waals surface area contributed by atoms with Crippen molar-refractivity contribution in [1.82, 2.24) is 0 Å². The Kier molecular flexibility index (Phi) is 7.28. The van der Waals surface area contributed by atoms with Gasteiger partial charge in [0.15, 0.2) is 0 Å². The quantitative estimate of drug-likeness (QED) is 0.359. The van der Waals surface area contributed by atoms with Crippen LogP contribution in [0, 0.1) is 6.92 Å². The molecule has 0 aromatic heterocycles. The van der Waals surface area contributed by atoms with Crippen molar-refractivity contribution < 1.29 is 38.1 Å². The second-order valence-electron chi connectivity index (χ2n) is 6.94. The molecule has 8 nitrogen and oxygen atoms in total. The zero-order valence-electron chi connectivity index (χ0n) is 16.8. The molecule has 0 fully saturated rings. The number of fused-ring (bicyclic) bond motifs is 1. The van der Waals surface area contributed by atoms with E-state index in [2.05, 4.69) is 0 Å². The number of phenols is 1. The molecule has 2 N–H and O–H groups in total. The highest BCUT2D eigenvalue weighted by Gasteiger charge is 2.31. The molecule has 1 aromatic rings. The van der Waals surface area contributed by atoms with Crippen molar-refractivity contribution in [3.63, 3.8) is 0 Å². The predicted octanol–water partition coefficient (Wildman–Crippen LogP) is 3.45. The van der Waals surface area contributed by atoms with Crippen LogP contribution < -0.4 is 4.74 Å². The summed E-state index contributed by atoms with van der Waals surface area (Å²) in [4.78, 5) is 21.6. The van der Waals surface area contributed by atoms with E-state index in [9.17, 15) is 19.4 Å². The van der Waals surface area contributed by atoms with Gasteiger partial charge in [-0.1, -0.05) is 11.6 Å². The number of cyclic esters (lactones) is 1. The number of phenolic OH excluding ortho intramolecular Hbond substituents is 1. The monoisotopic (exact) mass is 414 g/mol. The number of carbonyl (C=O) groups is 1. The lowest BCUT2D eigenvalue weighted by Crippen LogP contribution is -2.06. The lowest BCUT2D eigenvalue weighted by molar-refractivity contribution is 0.0532. The van der Waals surface area contributed by atoms with Crippen LogP contribution in [0.25, 0.3) is 0 Å². The maximum Gasteiger partial charge on any atom is 0.353 e. The number of esters is 1. The summed E-state index contributed by atoms with van der Waals surface area (Å²) in [6.07, 6.45) is 1.32. The first-order chi connectivity index (χ1) is 13.1. The van der Waals surface area contributed by atoms with Crippen LogP contribution in [0.3, 0.4) is 0 Å². The summed E-state index contributed by atoms with van der Waals surface area (Å²) >= 11 is 0. The van der Waals surface area contributed by atoms with Gasteiger partial charge in [-0.2, -0.15) is 0 Å². The minimum Gasteiger partial charge on any atom is -0.507 e. The van der Waals surface area contributed by atoms with Gasteiger partial charge in [0, 0.05) is 11.1 Å². The van der Waals surface area contributed by atoms with E-state index in [1.165, 1.54) is 7.11 Å². The van der Waals surface area contributed by atoms with Crippen molar-refractivity contribution in [1.29, 1.82) is 0 Å². The standard InChI is InChI=1S/C19H27O8P/c1-11(2)27-28(22,23)10-25-8-12(3)6-7-14-17(20)16-15(9-26-19(16)21)13(4)18(14)24-5/h6,11,20H,7-10H2,1-5H3,(H,22,23)/b12-6+. The van der Waals surface area contributed by atoms with E-state index in [0.29, 0.717) is 23.3 Å². The van der Waals surface area contributed by atoms with Crippen LogP contribution >= 0.6 is 7.60 Å². The van der Waals surface area contributed by atoms with Gasteiger partial charge in [0.25, 0.3) is 0 Å². The van der Waals surface area contributed by atoms with Crippen molar-refractivity contribution >= 4 is 13.6 Å². The predicted molar refractivity (Wildman–Crippen MR) is 103 cm³/mol. The van der Waals surface area contributed by atoms with Crippen molar-refractivity contribution in [2.24, 2.45) is 0 Å². The summed E-state index contributed by atoms with van der Waals surface area (Å²) in [7, 11) is -2.28. The van der Waals surface area contributed by atoms with Crippen LogP contribution in [0.4, 0.5) is 0 Å². The molecule has 156 valence electrons. The Hall–Kier alpha value is -1.86. The van der Waals surface area contributed by atoms with Crippen LogP contribution in [0.2, 0.25) is 0 Å². The molecule has 2 rings (SSSR count). The van der Waals surface area contributed by atoms with E-state index in [4.69, 9.17) is 18.7 Å². The molecule has 1 unspecified atom stereocenters. The number of allylic oxidation sites excluding steroid dienone is 1.